The first-order valence-electron chi connectivity index (χ1n) is 4.40. The molecule has 0 aliphatic rings. The van der Waals surface area contributed by atoms with Gasteiger partial charge >= 0.3 is 11.9 Å². The number of carboxylic acid groups (broad SMARTS) is 1. The molecule has 0 aliphatic carbocycles. The van der Waals surface area contributed by atoms with Crippen molar-refractivity contribution >= 4 is 17.7 Å². The number of rotatable bonds is 6. The number of aliphatic carboxylic acids is 1. The average Bonchev–Trinajstić information content (AvgIpc) is 2.12. The second-order valence-electron chi connectivity index (χ2n) is 3.45. The first-order chi connectivity index (χ1) is 6.79. The van der Waals surface area contributed by atoms with E-state index in [9.17, 15) is 14.4 Å². The van der Waals surface area contributed by atoms with E-state index < -0.39 is 23.3 Å². The number of ketones is 1. The SMILES string of the molecule is C=CC(=O)C(C)(C)OC(=O)CCC(=O)O. The predicted octanol–water partition coefficient (Wildman–Crippen LogP) is 0.928. The van der Waals surface area contributed by atoms with E-state index in [1.807, 2.05) is 0 Å². The largest absolute Gasteiger partial charge is 0.481 e. The van der Waals surface area contributed by atoms with Gasteiger partial charge in [-0.2, -0.15) is 0 Å². The Bertz CT molecular complexity index is 290. The number of carbonyl (C=O) groups is 3. The third kappa shape index (κ3) is 4.95. The first kappa shape index (κ1) is 13.4. The van der Waals surface area contributed by atoms with Crippen LogP contribution in [0.1, 0.15) is 26.7 Å². The van der Waals surface area contributed by atoms with Gasteiger partial charge in [0.25, 0.3) is 0 Å². The molecule has 0 spiro atoms. The summed E-state index contributed by atoms with van der Waals surface area (Å²) in [6.45, 7) is 6.13. The number of hydrogen-bond donors (Lipinski definition) is 1. The molecule has 0 aromatic heterocycles. The summed E-state index contributed by atoms with van der Waals surface area (Å²) in [5, 5.41) is 8.33. The lowest BCUT2D eigenvalue weighted by Gasteiger charge is -2.21. The van der Waals surface area contributed by atoms with Crippen LogP contribution in [0, 0.1) is 0 Å². The smallest absolute Gasteiger partial charge is 0.307 e. The van der Waals surface area contributed by atoms with Crippen LogP contribution >= 0.6 is 0 Å². The third-order valence-electron chi connectivity index (χ3n) is 1.69. The summed E-state index contributed by atoms with van der Waals surface area (Å²) in [4.78, 5) is 32.5. The Morgan fingerprint density at radius 1 is 1.33 bits per heavy atom. The lowest BCUT2D eigenvalue weighted by Crippen LogP contribution is -2.36. The van der Waals surface area contributed by atoms with Gasteiger partial charge in [0.05, 0.1) is 12.8 Å². The molecule has 5 heteroatoms. The van der Waals surface area contributed by atoms with Crippen LogP contribution in [-0.2, 0) is 19.1 Å². The van der Waals surface area contributed by atoms with E-state index in [2.05, 4.69) is 6.58 Å². The van der Waals surface area contributed by atoms with Crippen LogP contribution < -0.4 is 0 Å². The Morgan fingerprint density at radius 2 is 1.87 bits per heavy atom. The summed E-state index contributed by atoms with van der Waals surface area (Å²) in [5.41, 5.74) is -1.28. The van der Waals surface area contributed by atoms with E-state index in [-0.39, 0.29) is 12.8 Å². The summed E-state index contributed by atoms with van der Waals surface area (Å²) in [7, 11) is 0. The van der Waals surface area contributed by atoms with E-state index in [0.717, 1.165) is 6.08 Å². The molecule has 0 unspecified atom stereocenters. The third-order valence-corrected chi connectivity index (χ3v) is 1.69. The van der Waals surface area contributed by atoms with Crippen molar-refractivity contribution in [3.63, 3.8) is 0 Å². The van der Waals surface area contributed by atoms with Gasteiger partial charge < -0.3 is 9.84 Å². The van der Waals surface area contributed by atoms with Gasteiger partial charge in [-0.1, -0.05) is 6.58 Å². The minimum Gasteiger partial charge on any atom is -0.481 e. The molecule has 0 heterocycles. The molecule has 0 rings (SSSR count). The van der Waals surface area contributed by atoms with Gasteiger partial charge in [-0.05, 0) is 19.9 Å². The van der Waals surface area contributed by atoms with Crippen LogP contribution in [0.3, 0.4) is 0 Å². The van der Waals surface area contributed by atoms with Crippen molar-refractivity contribution in [1.29, 1.82) is 0 Å². The Balaban J connectivity index is 4.21. The number of carboxylic acids is 1. The summed E-state index contributed by atoms with van der Waals surface area (Å²) in [6, 6.07) is 0. The van der Waals surface area contributed by atoms with E-state index in [4.69, 9.17) is 9.84 Å². The van der Waals surface area contributed by atoms with Crippen molar-refractivity contribution in [2.24, 2.45) is 0 Å². The first-order valence-corrected chi connectivity index (χ1v) is 4.40. The standard InChI is InChI=1S/C10H14O5/c1-4-7(11)10(2,3)15-9(14)6-5-8(12)13/h4H,1,5-6H2,2-3H3,(H,12,13). The van der Waals surface area contributed by atoms with Crippen molar-refractivity contribution in [1.82, 2.24) is 0 Å². The zero-order valence-electron chi connectivity index (χ0n) is 8.78. The Hall–Kier alpha value is -1.65. The molecule has 84 valence electrons. The van der Waals surface area contributed by atoms with Crippen LogP contribution in [0.15, 0.2) is 12.7 Å². The van der Waals surface area contributed by atoms with Crippen molar-refractivity contribution in [2.45, 2.75) is 32.3 Å². The highest BCUT2D eigenvalue weighted by Crippen LogP contribution is 2.13. The van der Waals surface area contributed by atoms with E-state index in [1.54, 1.807) is 0 Å². The minimum absolute atomic E-state index is 0.247. The van der Waals surface area contributed by atoms with E-state index in [1.165, 1.54) is 13.8 Å². The van der Waals surface area contributed by atoms with Crippen LogP contribution in [0.4, 0.5) is 0 Å². The number of carbonyl (C=O) groups excluding carboxylic acids is 2. The van der Waals surface area contributed by atoms with Crippen molar-refractivity contribution in [3.8, 4) is 0 Å². The number of ether oxygens (including phenoxy) is 1. The molecule has 0 amide bonds. The molecule has 0 saturated heterocycles. The van der Waals surface area contributed by atoms with Gasteiger partial charge in [-0.25, -0.2) is 0 Å². The molecule has 0 radical (unpaired) electrons. The summed E-state index contributed by atoms with van der Waals surface area (Å²) >= 11 is 0. The predicted molar refractivity (Wildman–Crippen MR) is 52.2 cm³/mol. The maximum Gasteiger partial charge on any atom is 0.307 e. The second-order valence-corrected chi connectivity index (χ2v) is 3.45. The lowest BCUT2D eigenvalue weighted by molar-refractivity contribution is -0.163. The van der Waals surface area contributed by atoms with Crippen LogP contribution in [-0.4, -0.2) is 28.4 Å². The highest BCUT2D eigenvalue weighted by molar-refractivity contribution is 5.97. The minimum atomic E-state index is -1.28. The average molecular weight is 214 g/mol. The van der Waals surface area contributed by atoms with Gasteiger partial charge in [-0.3, -0.25) is 14.4 Å². The van der Waals surface area contributed by atoms with E-state index in [0.29, 0.717) is 0 Å². The highest BCUT2D eigenvalue weighted by Gasteiger charge is 2.29. The zero-order chi connectivity index (χ0) is 12.1. The fourth-order valence-corrected chi connectivity index (χ4v) is 0.841. The number of hydrogen-bond acceptors (Lipinski definition) is 4. The topological polar surface area (TPSA) is 80.7 Å². The summed E-state index contributed by atoms with van der Waals surface area (Å²) in [5.74, 6) is -2.22. The molecule has 1 N–H and O–H groups in total. The fourth-order valence-electron chi connectivity index (χ4n) is 0.841. The maximum atomic E-state index is 11.2. The summed E-state index contributed by atoms with van der Waals surface area (Å²) in [6.07, 6.45) is 0.505. The van der Waals surface area contributed by atoms with Crippen LogP contribution in [0.25, 0.3) is 0 Å². The second kappa shape index (κ2) is 5.29. The molecule has 0 aromatic rings. The molecule has 0 fully saturated rings. The van der Waals surface area contributed by atoms with Gasteiger partial charge in [0.2, 0.25) is 0 Å². The molecule has 15 heavy (non-hydrogen) atoms. The van der Waals surface area contributed by atoms with Crippen molar-refractivity contribution < 1.29 is 24.2 Å². The Morgan fingerprint density at radius 3 is 2.27 bits per heavy atom. The molecular formula is C10H14O5. The number of esters is 1. The lowest BCUT2D eigenvalue weighted by atomic mass is 10.0. The van der Waals surface area contributed by atoms with Crippen LogP contribution in [0.2, 0.25) is 0 Å². The molecule has 0 aromatic carbocycles. The fraction of sp³-hybridized carbons (Fsp3) is 0.500. The van der Waals surface area contributed by atoms with Crippen molar-refractivity contribution in [2.75, 3.05) is 0 Å². The molecule has 0 bridgehead atoms. The Labute approximate surface area is 87.7 Å². The van der Waals surface area contributed by atoms with Gasteiger partial charge in [0, 0.05) is 0 Å². The molecule has 0 atom stereocenters. The Kier molecular flexibility index (Phi) is 4.70. The van der Waals surface area contributed by atoms with Gasteiger partial charge in [0.1, 0.15) is 0 Å². The molecular weight excluding hydrogens is 200 g/mol. The maximum absolute atomic E-state index is 11.2. The monoisotopic (exact) mass is 214 g/mol. The van der Waals surface area contributed by atoms with Crippen molar-refractivity contribution in [3.05, 3.63) is 12.7 Å². The molecule has 0 saturated carbocycles. The quantitative estimate of drug-likeness (QED) is 0.525. The van der Waals surface area contributed by atoms with Gasteiger partial charge in [-0.15, -0.1) is 0 Å². The summed E-state index contributed by atoms with van der Waals surface area (Å²) < 4.78 is 4.82. The zero-order valence-corrected chi connectivity index (χ0v) is 8.78. The highest BCUT2D eigenvalue weighted by atomic mass is 16.6. The molecule has 5 nitrogen and oxygen atoms in total. The molecule has 0 aliphatic heterocycles. The van der Waals surface area contributed by atoms with Crippen LogP contribution in [0.5, 0.6) is 0 Å². The van der Waals surface area contributed by atoms with E-state index >= 15 is 0 Å². The normalized spacial score (nSPS) is 10.5. The van der Waals surface area contributed by atoms with Gasteiger partial charge in [0.15, 0.2) is 11.4 Å².